The Bertz CT molecular complexity index is 1210. The van der Waals surface area contributed by atoms with E-state index in [4.69, 9.17) is 9.47 Å². The summed E-state index contributed by atoms with van der Waals surface area (Å²) >= 11 is 1.36. The third kappa shape index (κ3) is 5.99. The first kappa shape index (κ1) is 24.3. The summed E-state index contributed by atoms with van der Waals surface area (Å²) in [7, 11) is 3.17. The minimum atomic E-state index is -0.433. The molecule has 0 aliphatic carbocycles. The van der Waals surface area contributed by atoms with Crippen LogP contribution in [0.2, 0.25) is 0 Å². The number of carbonyl (C=O) groups is 3. The van der Waals surface area contributed by atoms with E-state index < -0.39 is 5.92 Å². The first-order valence-corrected chi connectivity index (χ1v) is 12.1. The van der Waals surface area contributed by atoms with Crippen LogP contribution in [0.3, 0.4) is 0 Å². The number of carbonyl (C=O) groups excluding carboxylic acids is 3. The van der Waals surface area contributed by atoms with Gasteiger partial charge < -0.3 is 25.0 Å². The Labute approximate surface area is 207 Å². The predicted molar refractivity (Wildman–Crippen MR) is 135 cm³/mol. The molecule has 1 fully saturated rings. The summed E-state index contributed by atoms with van der Waals surface area (Å²) < 4.78 is 10.6. The number of likely N-dealkylation sites (tertiary alicyclic amines) is 1. The lowest BCUT2D eigenvalue weighted by Crippen LogP contribution is -2.30. The fourth-order valence-electron chi connectivity index (χ4n) is 3.98. The Morgan fingerprint density at radius 1 is 1.00 bits per heavy atom. The van der Waals surface area contributed by atoms with Crippen LogP contribution in [0, 0.1) is 5.92 Å². The molecule has 2 heterocycles. The van der Waals surface area contributed by atoms with Gasteiger partial charge in [-0.2, -0.15) is 0 Å². The number of hydrogen-bond acceptors (Lipinski definition) is 6. The Balaban J connectivity index is 1.31. The second kappa shape index (κ2) is 11.1. The van der Waals surface area contributed by atoms with Gasteiger partial charge in [0.15, 0.2) is 11.5 Å². The third-order valence-electron chi connectivity index (χ3n) is 5.84. The van der Waals surface area contributed by atoms with E-state index in [0.717, 1.165) is 5.56 Å². The van der Waals surface area contributed by atoms with Crippen LogP contribution in [0.5, 0.6) is 11.5 Å². The molecule has 35 heavy (non-hydrogen) atoms. The highest BCUT2D eigenvalue weighted by molar-refractivity contribution is 7.12. The summed E-state index contributed by atoms with van der Waals surface area (Å²) in [5.41, 5.74) is 2.17. The molecule has 3 amide bonds. The van der Waals surface area contributed by atoms with Crippen molar-refractivity contribution < 1.29 is 23.9 Å². The molecule has 0 radical (unpaired) electrons. The van der Waals surface area contributed by atoms with Gasteiger partial charge in [0.05, 0.1) is 25.0 Å². The molecule has 8 nitrogen and oxygen atoms in total. The van der Waals surface area contributed by atoms with Crippen molar-refractivity contribution in [2.45, 2.75) is 12.8 Å². The smallest absolute Gasteiger partial charge is 0.265 e. The highest BCUT2D eigenvalue weighted by Gasteiger charge is 2.34. The van der Waals surface area contributed by atoms with Gasteiger partial charge in [0, 0.05) is 30.9 Å². The van der Waals surface area contributed by atoms with E-state index in [1.807, 2.05) is 29.6 Å². The molecule has 0 spiro atoms. The third-order valence-corrected chi connectivity index (χ3v) is 6.71. The molecule has 182 valence electrons. The van der Waals surface area contributed by atoms with Crippen molar-refractivity contribution in [2.24, 2.45) is 5.92 Å². The van der Waals surface area contributed by atoms with Crippen LogP contribution in [0.1, 0.15) is 21.7 Å². The number of nitrogens with one attached hydrogen (secondary N) is 2. The van der Waals surface area contributed by atoms with Crippen LogP contribution in [0.4, 0.5) is 11.4 Å². The predicted octanol–water partition coefficient (Wildman–Crippen LogP) is 4.05. The number of amides is 3. The topological polar surface area (TPSA) is 97.0 Å². The first-order chi connectivity index (χ1) is 17.0. The number of ether oxygens (including phenoxy) is 2. The van der Waals surface area contributed by atoms with E-state index in [9.17, 15) is 14.4 Å². The zero-order chi connectivity index (χ0) is 24.8. The summed E-state index contributed by atoms with van der Waals surface area (Å²) in [6.07, 6.45) is 0.818. The highest BCUT2D eigenvalue weighted by atomic mass is 32.1. The minimum absolute atomic E-state index is 0.0393. The molecule has 3 aromatic rings. The molecular formula is C26H27N3O5S. The van der Waals surface area contributed by atoms with E-state index in [0.29, 0.717) is 47.3 Å². The van der Waals surface area contributed by atoms with Crippen molar-refractivity contribution in [3.8, 4) is 11.5 Å². The average molecular weight is 494 g/mol. The SMILES string of the molecule is COc1ccc(CCN2CC(C(=O)Nc3cccc(NC(=O)c4cccs4)c3)CC2=O)cc1OC. The van der Waals surface area contributed by atoms with Gasteiger partial charge in [-0.15, -0.1) is 11.3 Å². The standard InChI is InChI=1S/C26H27N3O5S/c1-33-21-9-8-17(13-22(21)34-2)10-11-29-16-18(14-24(29)30)25(31)27-19-5-3-6-20(15-19)28-26(32)23-7-4-12-35-23/h3-9,12-13,15,18H,10-11,14,16H2,1-2H3,(H,27,31)(H,28,32). The zero-order valence-electron chi connectivity index (χ0n) is 19.6. The van der Waals surface area contributed by atoms with Crippen LogP contribution in [0.15, 0.2) is 60.0 Å². The summed E-state index contributed by atoms with van der Waals surface area (Å²) in [4.78, 5) is 40.0. The van der Waals surface area contributed by atoms with Gasteiger partial charge in [-0.05, 0) is 53.8 Å². The summed E-state index contributed by atoms with van der Waals surface area (Å²) in [6.45, 7) is 0.884. The largest absolute Gasteiger partial charge is 0.493 e. The number of methoxy groups -OCH3 is 2. The van der Waals surface area contributed by atoms with E-state index >= 15 is 0 Å². The quantitative estimate of drug-likeness (QED) is 0.469. The lowest BCUT2D eigenvalue weighted by molar-refractivity contribution is -0.128. The van der Waals surface area contributed by atoms with Gasteiger partial charge in [-0.25, -0.2) is 0 Å². The van der Waals surface area contributed by atoms with Gasteiger partial charge in [0.1, 0.15) is 0 Å². The molecule has 1 unspecified atom stereocenters. The summed E-state index contributed by atoms with van der Waals surface area (Å²) in [6, 6.07) is 16.2. The second-order valence-corrected chi connectivity index (χ2v) is 9.13. The molecule has 1 aliphatic heterocycles. The van der Waals surface area contributed by atoms with Crippen LogP contribution in [-0.2, 0) is 16.0 Å². The van der Waals surface area contributed by atoms with Crippen LogP contribution >= 0.6 is 11.3 Å². The van der Waals surface area contributed by atoms with E-state index in [1.54, 1.807) is 49.5 Å². The Morgan fingerprint density at radius 2 is 1.77 bits per heavy atom. The number of thiophene rings is 1. The lowest BCUT2D eigenvalue weighted by atomic mass is 10.1. The fourth-order valence-corrected chi connectivity index (χ4v) is 4.60. The van der Waals surface area contributed by atoms with Crippen LogP contribution in [-0.4, -0.2) is 49.9 Å². The van der Waals surface area contributed by atoms with Crippen LogP contribution in [0.25, 0.3) is 0 Å². The monoisotopic (exact) mass is 493 g/mol. The number of anilines is 2. The average Bonchev–Trinajstić information content (AvgIpc) is 3.53. The maximum atomic E-state index is 12.8. The van der Waals surface area contributed by atoms with E-state index in [2.05, 4.69) is 10.6 Å². The van der Waals surface area contributed by atoms with Crippen molar-refractivity contribution in [3.05, 3.63) is 70.4 Å². The molecule has 1 atom stereocenters. The maximum absolute atomic E-state index is 12.8. The van der Waals surface area contributed by atoms with Gasteiger partial charge in [-0.3, -0.25) is 14.4 Å². The molecule has 1 aromatic heterocycles. The lowest BCUT2D eigenvalue weighted by Gasteiger charge is -2.17. The zero-order valence-corrected chi connectivity index (χ0v) is 20.4. The molecule has 2 aromatic carbocycles. The second-order valence-electron chi connectivity index (χ2n) is 8.18. The Kier molecular flexibility index (Phi) is 7.67. The molecule has 1 saturated heterocycles. The number of rotatable bonds is 9. The van der Waals surface area contributed by atoms with E-state index in [1.165, 1.54) is 11.3 Å². The molecular weight excluding hydrogens is 466 g/mol. The normalized spacial score (nSPS) is 15.1. The van der Waals surface area contributed by atoms with Crippen molar-refractivity contribution in [2.75, 3.05) is 37.9 Å². The first-order valence-electron chi connectivity index (χ1n) is 11.2. The van der Waals surface area contributed by atoms with Gasteiger partial charge in [-0.1, -0.05) is 18.2 Å². The summed E-state index contributed by atoms with van der Waals surface area (Å²) in [5.74, 6) is 0.410. The van der Waals surface area contributed by atoms with Gasteiger partial charge in [0.2, 0.25) is 11.8 Å². The van der Waals surface area contributed by atoms with Crippen molar-refractivity contribution >= 4 is 40.4 Å². The highest BCUT2D eigenvalue weighted by Crippen LogP contribution is 2.28. The van der Waals surface area contributed by atoms with Gasteiger partial charge >= 0.3 is 0 Å². The molecule has 9 heteroatoms. The van der Waals surface area contributed by atoms with E-state index in [-0.39, 0.29) is 24.1 Å². The van der Waals surface area contributed by atoms with Crippen molar-refractivity contribution in [1.29, 1.82) is 0 Å². The molecule has 4 rings (SSSR count). The summed E-state index contributed by atoms with van der Waals surface area (Å²) in [5, 5.41) is 7.55. The Morgan fingerprint density at radius 3 is 2.49 bits per heavy atom. The number of nitrogens with zero attached hydrogens (tertiary/aromatic N) is 1. The van der Waals surface area contributed by atoms with Crippen molar-refractivity contribution in [1.82, 2.24) is 4.90 Å². The number of hydrogen-bond donors (Lipinski definition) is 2. The van der Waals surface area contributed by atoms with Crippen molar-refractivity contribution in [3.63, 3.8) is 0 Å². The molecule has 1 aliphatic rings. The molecule has 0 saturated carbocycles. The molecule has 0 bridgehead atoms. The van der Waals surface area contributed by atoms with Crippen LogP contribution < -0.4 is 20.1 Å². The minimum Gasteiger partial charge on any atom is -0.493 e. The number of benzene rings is 2. The maximum Gasteiger partial charge on any atom is 0.265 e. The fraction of sp³-hybridized carbons (Fsp3) is 0.269. The molecule has 2 N–H and O–H groups in total. The Hall–Kier alpha value is -3.85. The van der Waals surface area contributed by atoms with Gasteiger partial charge in [0.25, 0.3) is 5.91 Å².